The van der Waals surface area contributed by atoms with Crippen LogP contribution < -0.4 is 14.4 Å². The van der Waals surface area contributed by atoms with Crippen molar-refractivity contribution >= 4 is 22.9 Å². The Morgan fingerprint density at radius 2 is 1.85 bits per heavy atom. The molecule has 0 bridgehead atoms. The number of carbonyl (C=O) groups is 1. The summed E-state index contributed by atoms with van der Waals surface area (Å²) in [6.45, 7) is 3.04. The molecule has 5 heteroatoms. The van der Waals surface area contributed by atoms with Gasteiger partial charge in [0.05, 0.1) is 20.3 Å². The number of anilines is 1. The first-order valence-electron chi connectivity index (χ1n) is 8.42. The molecule has 0 saturated heterocycles. The fourth-order valence-corrected chi connectivity index (χ4v) is 3.33. The molecule has 0 aliphatic heterocycles. The molecule has 0 unspecified atom stereocenters. The van der Waals surface area contributed by atoms with Crippen LogP contribution in [0.1, 0.15) is 22.2 Å². The van der Waals surface area contributed by atoms with E-state index in [1.165, 1.54) is 0 Å². The van der Waals surface area contributed by atoms with E-state index >= 15 is 0 Å². The topological polar surface area (TPSA) is 38.8 Å². The lowest BCUT2D eigenvalue weighted by molar-refractivity contribution is 0.0985. The average Bonchev–Trinajstić information content (AvgIpc) is 3.20. The molecule has 0 N–H and O–H groups in total. The van der Waals surface area contributed by atoms with E-state index < -0.39 is 0 Å². The Labute approximate surface area is 157 Å². The van der Waals surface area contributed by atoms with Crippen LogP contribution in [-0.4, -0.2) is 19.6 Å². The van der Waals surface area contributed by atoms with Crippen LogP contribution >= 0.6 is 11.3 Å². The van der Waals surface area contributed by atoms with Crippen molar-refractivity contribution in [3.05, 3.63) is 76.5 Å². The molecule has 134 valence electrons. The molecule has 1 heterocycles. The van der Waals surface area contributed by atoms with Crippen molar-refractivity contribution in [2.24, 2.45) is 0 Å². The first-order chi connectivity index (χ1) is 12.7. The van der Waals surface area contributed by atoms with E-state index in [0.717, 1.165) is 22.1 Å². The lowest BCUT2D eigenvalue weighted by Gasteiger charge is -2.23. The van der Waals surface area contributed by atoms with Crippen LogP contribution in [0.5, 0.6) is 11.5 Å². The van der Waals surface area contributed by atoms with Gasteiger partial charge in [0, 0.05) is 22.2 Å². The highest BCUT2D eigenvalue weighted by Crippen LogP contribution is 2.26. The molecule has 2 aromatic carbocycles. The van der Waals surface area contributed by atoms with E-state index in [1.807, 2.05) is 60.8 Å². The molecule has 1 aromatic heterocycles. The predicted octanol–water partition coefficient (Wildman–Crippen LogP) is 5.00. The number of hydrogen-bond acceptors (Lipinski definition) is 4. The Morgan fingerprint density at radius 1 is 1.04 bits per heavy atom. The molecule has 3 rings (SSSR count). The highest BCUT2D eigenvalue weighted by Gasteiger charge is 2.19. The zero-order valence-corrected chi connectivity index (χ0v) is 15.7. The van der Waals surface area contributed by atoms with Crippen LogP contribution in [0.25, 0.3) is 0 Å². The second kappa shape index (κ2) is 8.54. The van der Waals surface area contributed by atoms with E-state index in [4.69, 9.17) is 9.47 Å². The van der Waals surface area contributed by atoms with Gasteiger partial charge in [-0.3, -0.25) is 4.79 Å². The number of thiophene rings is 1. The van der Waals surface area contributed by atoms with Gasteiger partial charge in [-0.15, -0.1) is 11.3 Å². The summed E-state index contributed by atoms with van der Waals surface area (Å²) in [5.74, 6) is 1.42. The summed E-state index contributed by atoms with van der Waals surface area (Å²) in [6, 6.07) is 18.8. The van der Waals surface area contributed by atoms with Gasteiger partial charge < -0.3 is 14.4 Å². The number of ether oxygens (including phenoxy) is 2. The first-order valence-corrected chi connectivity index (χ1v) is 9.30. The summed E-state index contributed by atoms with van der Waals surface area (Å²) in [5, 5.41) is 2.01. The molecular formula is C21H21NO3S. The maximum Gasteiger partial charge on any atom is 0.258 e. The molecule has 0 atom stereocenters. The fourth-order valence-electron chi connectivity index (χ4n) is 2.63. The summed E-state index contributed by atoms with van der Waals surface area (Å²) < 4.78 is 10.8. The van der Waals surface area contributed by atoms with Crippen molar-refractivity contribution in [2.45, 2.75) is 13.5 Å². The van der Waals surface area contributed by atoms with Gasteiger partial charge in [0.2, 0.25) is 0 Å². The number of nitrogens with zero attached hydrogens (tertiary/aromatic N) is 1. The van der Waals surface area contributed by atoms with Crippen molar-refractivity contribution in [2.75, 3.05) is 18.6 Å². The van der Waals surface area contributed by atoms with Crippen molar-refractivity contribution in [3.8, 4) is 11.5 Å². The molecule has 0 spiro atoms. The monoisotopic (exact) mass is 367 g/mol. The van der Waals surface area contributed by atoms with Gasteiger partial charge in [-0.1, -0.05) is 12.1 Å². The molecule has 0 fully saturated rings. The number of methoxy groups -OCH3 is 1. The normalized spacial score (nSPS) is 10.4. The van der Waals surface area contributed by atoms with Crippen molar-refractivity contribution in [3.63, 3.8) is 0 Å². The van der Waals surface area contributed by atoms with Crippen LogP contribution in [0.3, 0.4) is 0 Å². The third-order valence-electron chi connectivity index (χ3n) is 3.92. The maximum atomic E-state index is 13.2. The maximum absolute atomic E-state index is 13.2. The van der Waals surface area contributed by atoms with Crippen LogP contribution in [0.4, 0.5) is 5.69 Å². The largest absolute Gasteiger partial charge is 0.497 e. The number of rotatable bonds is 7. The molecule has 0 radical (unpaired) electrons. The van der Waals surface area contributed by atoms with Crippen LogP contribution in [0, 0.1) is 0 Å². The van der Waals surface area contributed by atoms with Gasteiger partial charge >= 0.3 is 0 Å². The van der Waals surface area contributed by atoms with Crippen LogP contribution in [0.2, 0.25) is 0 Å². The minimum Gasteiger partial charge on any atom is -0.497 e. The lowest BCUT2D eigenvalue weighted by atomic mass is 10.1. The minimum atomic E-state index is -0.0605. The Hall–Kier alpha value is -2.79. The summed E-state index contributed by atoms with van der Waals surface area (Å²) in [5.41, 5.74) is 1.42. The van der Waals surface area contributed by atoms with E-state index in [9.17, 15) is 4.79 Å². The van der Waals surface area contributed by atoms with Crippen molar-refractivity contribution < 1.29 is 14.3 Å². The fraction of sp³-hybridized carbons (Fsp3) is 0.190. The van der Waals surface area contributed by atoms with Crippen molar-refractivity contribution in [1.29, 1.82) is 0 Å². The SMILES string of the molecule is CCOc1ccc(C(=O)N(Cc2cccs2)c2cccc(OC)c2)cc1. The predicted molar refractivity (Wildman–Crippen MR) is 105 cm³/mol. The third-order valence-corrected chi connectivity index (χ3v) is 4.78. The number of amides is 1. The second-order valence-corrected chi connectivity index (χ2v) is 6.66. The smallest absolute Gasteiger partial charge is 0.258 e. The quantitative estimate of drug-likeness (QED) is 0.590. The van der Waals surface area contributed by atoms with E-state index in [0.29, 0.717) is 18.7 Å². The van der Waals surface area contributed by atoms with E-state index in [1.54, 1.807) is 35.5 Å². The van der Waals surface area contributed by atoms with Gasteiger partial charge in [-0.05, 0) is 54.8 Å². The Bertz CT molecular complexity index is 844. The summed E-state index contributed by atoms with van der Waals surface area (Å²) in [7, 11) is 1.62. The van der Waals surface area contributed by atoms with Gasteiger partial charge in [0.25, 0.3) is 5.91 Å². The van der Waals surface area contributed by atoms with Crippen LogP contribution in [0.15, 0.2) is 66.0 Å². The third kappa shape index (κ3) is 4.24. The highest BCUT2D eigenvalue weighted by atomic mass is 32.1. The molecule has 26 heavy (non-hydrogen) atoms. The van der Waals surface area contributed by atoms with E-state index in [-0.39, 0.29) is 5.91 Å². The van der Waals surface area contributed by atoms with Gasteiger partial charge in [-0.25, -0.2) is 0 Å². The Balaban J connectivity index is 1.92. The number of carbonyl (C=O) groups excluding carboxylic acids is 1. The Kier molecular flexibility index (Phi) is 5.92. The number of benzene rings is 2. The zero-order chi connectivity index (χ0) is 18.4. The van der Waals surface area contributed by atoms with Gasteiger partial charge in [0.1, 0.15) is 11.5 Å². The molecule has 0 aliphatic carbocycles. The van der Waals surface area contributed by atoms with E-state index in [2.05, 4.69) is 0 Å². The first kappa shape index (κ1) is 18.0. The standard InChI is InChI=1S/C21H21NO3S/c1-3-25-18-11-9-16(10-12-18)21(23)22(15-20-8-5-13-26-20)17-6-4-7-19(14-17)24-2/h4-14H,3,15H2,1-2H3. The van der Waals surface area contributed by atoms with Gasteiger partial charge in [0.15, 0.2) is 0 Å². The molecular weight excluding hydrogens is 346 g/mol. The summed E-state index contributed by atoms with van der Waals surface area (Å²) in [4.78, 5) is 16.1. The van der Waals surface area contributed by atoms with Crippen molar-refractivity contribution in [1.82, 2.24) is 0 Å². The lowest BCUT2D eigenvalue weighted by Crippen LogP contribution is -2.30. The average molecular weight is 367 g/mol. The molecule has 4 nitrogen and oxygen atoms in total. The highest BCUT2D eigenvalue weighted by molar-refractivity contribution is 7.09. The molecule has 0 aliphatic rings. The molecule has 3 aromatic rings. The number of hydrogen-bond donors (Lipinski definition) is 0. The Morgan fingerprint density at radius 3 is 2.50 bits per heavy atom. The van der Waals surface area contributed by atoms with Gasteiger partial charge in [-0.2, -0.15) is 0 Å². The van der Waals surface area contributed by atoms with Crippen LogP contribution in [-0.2, 0) is 6.54 Å². The second-order valence-electron chi connectivity index (χ2n) is 5.63. The molecule has 1 amide bonds. The summed E-state index contributed by atoms with van der Waals surface area (Å²) >= 11 is 1.63. The zero-order valence-electron chi connectivity index (χ0n) is 14.8. The minimum absolute atomic E-state index is 0.0605. The summed E-state index contributed by atoms with van der Waals surface area (Å²) in [6.07, 6.45) is 0. The molecule has 0 saturated carbocycles.